The third-order valence-corrected chi connectivity index (χ3v) is 1.65. The first-order chi connectivity index (χ1) is 6.00. The van der Waals surface area contributed by atoms with Crippen molar-refractivity contribution < 1.29 is 18.7 Å². The minimum atomic E-state index is -1.54. The number of carboxylic acid groups (broad SMARTS) is 1. The Morgan fingerprint density at radius 1 is 1.38 bits per heavy atom. The fraction of sp³-hybridized carbons (Fsp3) is 0.125. The zero-order valence-corrected chi connectivity index (χ0v) is 7.07. The molecule has 5 heteroatoms. The van der Waals surface area contributed by atoms with Gasteiger partial charge >= 0.3 is 0 Å². The van der Waals surface area contributed by atoms with Crippen LogP contribution in [0.2, 0.25) is 5.02 Å². The van der Waals surface area contributed by atoms with Crippen LogP contribution in [0, 0.1) is 11.6 Å². The number of hydrogen-bond acceptors (Lipinski definition) is 2. The quantitative estimate of drug-likeness (QED) is 0.720. The van der Waals surface area contributed by atoms with Crippen LogP contribution in [-0.4, -0.2) is 5.97 Å². The molecule has 0 unspecified atom stereocenters. The number of rotatable bonds is 2. The first kappa shape index (κ1) is 9.92. The Labute approximate surface area is 77.8 Å². The van der Waals surface area contributed by atoms with Gasteiger partial charge in [-0.15, -0.1) is 0 Å². The third-order valence-electron chi connectivity index (χ3n) is 1.43. The van der Waals surface area contributed by atoms with Crippen LogP contribution < -0.4 is 5.11 Å². The van der Waals surface area contributed by atoms with E-state index in [9.17, 15) is 18.7 Å². The van der Waals surface area contributed by atoms with Crippen molar-refractivity contribution >= 4 is 17.6 Å². The summed E-state index contributed by atoms with van der Waals surface area (Å²) in [5.74, 6) is -3.50. The normalized spacial score (nSPS) is 10.1. The van der Waals surface area contributed by atoms with Gasteiger partial charge in [0.05, 0.1) is 0 Å². The monoisotopic (exact) mass is 205 g/mol. The van der Waals surface area contributed by atoms with E-state index in [2.05, 4.69) is 0 Å². The highest BCUT2D eigenvalue weighted by Gasteiger charge is 2.10. The smallest absolute Gasteiger partial charge is 0.131 e. The van der Waals surface area contributed by atoms with Crippen molar-refractivity contribution in [1.82, 2.24) is 0 Å². The molecule has 0 saturated heterocycles. The molecule has 1 rings (SSSR count). The van der Waals surface area contributed by atoms with Gasteiger partial charge in [-0.05, 0) is 12.1 Å². The van der Waals surface area contributed by atoms with Crippen molar-refractivity contribution in [2.24, 2.45) is 0 Å². The van der Waals surface area contributed by atoms with Crippen molar-refractivity contribution in [3.05, 3.63) is 34.4 Å². The lowest BCUT2D eigenvalue weighted by Gasteiger charge is -2.05. The van der Waals surface area contributed by atoms with Gasteiger partial charge in [0.1, 0.15) is 11.6 Å². The van der Waals surface area contributed by atoms with E-state index in [4.69, 9.17) is 11.6 Å². The fourth-order valence-electron chi connectivity index (χ4n) is 0.885. The summed E-state index contributed by atoms with van der Waals surface area (Å²) in [6.07, 6.45) is -0.797. The molecule has 2 nitrogen and oxygen atoms in total. The molecule has 0 N–H and O–H groups in total. The van der Waals surface area contributed by atoms with E-state index in [1.165, 1.54) is 0 Å². The number of carbonyl (C=O) groups is 1. The van der Waals surface area contributed by atoms with Crippen molar-refractivity contribution in [1.29, 1.82) is 0 Å². The number of carbonyl (C=O) groups excluding carboxylic acids is 1. The maximum Gasteiger partial charge on any atom is 0.131 e. The molecule has 0 aliphatic heterocycles. The average Bonchev–Trinajstić information content (AvgIpc) is 1.96. The van der Waals surface area contributed by atoms with Crippen LogP contribution in [0.4, 0.5) is 8.78 Å². The van der Waals surface area contributed by atoms with Crippen LogP contribution in [0.3, 0.4) is 0 Å². The summed E-state index contributed by atoms with van der Waals surface area (Å²) in [7, 11) is 0. The predicted octanol–water partition coefficient (Wildman–Crippen LogP) is 0.911. The summed E-state index contributed by atoms with van der Waals surface area (Å²) >= 11 is 5.32. The summed E-state index contributed by atoms with van der Waals surface area (Å²) < 4.78 is 25.7. The molecule has 0 radical (unpaired) electrons. The SMILES string of the molecule is O=C([O-])Cc1c(F)cc(Cl)cc1F. The van der Waals surface area contributed by atoms with Gasteiger partial charge in [-0.2, -0.15) is 0 Å². The molecule has 0 atom stereocenters. The molecule has 0 amide bonds. The van der Waals surface area contributed by atoms with Gasteiger partial charge in [0, 0.05) is 23.0 Å². The summed E-state index contributed by atoms with van der Waals surface area (Å²) in [5, 5.41) is 9.97. The molecule has 0 heterocycles. The molecule has 1 aromatic carbocycles. The maximum absolute atomic E-state index is 12.9. The highest BCUT2D eigenvalue weighted by molar-refractivity contribution is 6.30. The van der Waals surface area contributed by atoms with Gasteiger partial charge in [-0.3, -0.25) is 0 Å². The molecule has 1 aromatic rings. The van der Waals surface area contributed by atoms with Crippen LogP contribution >= 0.6 is 11.6 Å². The van der Waals surface area contributed by atoms with E-state index in [0.29, 0.717) is 0 Å². The molecule has 0 spiro atoms. The van der Waals surface area contributed by atoms with E-state index in [-0.39, 0.29) is 5.02 Å². The number of halogens is 3. The Kier molecular flexibility index (Phi) is 2.83. The van der Waals surface area contributed by atoms with Crippen molar-refractivity contribution in [2.75, 3.05) is 0 Å². The summed E-state index contributed by atoms with van der Waals surface area (Å²) in [4.78, 5) is 10.1. The predicted molar refractivity (Wildman–Crippen MR) is 40.1 cm³/mol. The Bertz CT molecular complexity index is 329. The zero-order valence-electron chi connectivity index (χ0n) is 6.31. The van der Waals surface area contributed by atoms with Gasteiger partial charge < -0.3 is 9.90 Å². The molecule has 0 bridgehead atoms. The number of aliphatic carboxylic acids is 1. The molecule has 0 aliphatic carbocycles. The number of carboxylic acids is 1. The number of benzene rings is 1. The molecular weight excluding hydrogens is 202 g/mol. The number of hydrogen-bond donors (Lipinski definition) is 0. The van der Waals surface area contributed by atoms with E-state index in [1.54, 1.807) is 0 Å². The van der Waals surface area contributed by atoms with E-state index >= 15 is 0 Å². The first-order valence-electron chi connectivity index (χ1n) is 3.34. The van der Waals surface area contributed by atoms with Crippen LogP contribution in [0.5, 0.6) is 0 Å². The molecule has 0 fully saturated rings. The molecule has 0 aliphatic rings. The molecule has 70 valence electrons. The van der Waals surface area contributed by atoms with E-state index in [1.807, 2.05) is 0 Å². The second-order valence-corrected chi connectivity index (χ2v) is 2.83. The fourth-order valence-corrected chi connectivity index (χ4v) is 1.08. The zero-order chi connectivity index (χ0) is 10.0. The van der Waals surface area contributed by atoms with Gasteiger partial charge in [-0.1, -0.05) is 11.6 Å². The lowest BCUT2D eigenvalue weighted by molar-refractivity contribution is -0.304. The van der Waals surface area contributed by atoms with Crippen LogP contribution in [0.25, 0.3) is 0 Å². The molecular formula is C8H4ClF2O2-. The summed E-state index contributed by atoms with van der Waals surface area (Å²) in [6.45, 7) is 0. The Morgan fingerprint density at radius 2 is 1.85 bits per heavy atom. The second-order valence-electron chi connectivity index (χ2n) is 2.40. The Morgan fingerprint density at radius 3 is 2.23 bits per heavy atom. The van der Waals surface area contributed by atoms with Gasteiger partial charge in [0.25, 0.3) is 0 Å². The average molecular weight is 206 g/mol. The Hall–Kier alpha value is -1.16. The highest BCUT2D eigenvalue weighted by Crippen LogP contribution is 2.18. The largest absolute Gasteiger partial charge is 0.550 e. The van der Waals surface area contributed by atoms with Crippen molar-refractivity contribution in [3.63, 3.8) is 0 Å². The van der Waals surface area contributed by atoms with E-state index in [0.717, 1.165) is 12.1 Å². The van der Waals surface area contributed by atoms with Crippen LogP contribution in [0.1, 0.15) is 5.56 Å². The summed E-state index contributed by atoms with van der Waals surface area (Å²) in [5.41, 5.74) is -0.538. The lowest BCUT2D eigenvalue weighted by atomic mass is 10.1. The van der Waals surface area contributed by atoms with Gasteiger partial charge in [0.15, 0.2) is 0 Å². The second kappa shape index (κ2) is 3.70. The van der Waals surface area contributed by atoms with Crippen molar-refractivity contribution in [2.45, 2.75) is 6.42 Å². The van der Waals surface area contributed by atoms with Gasteiger partial charge in [0.2, 0.25) is 0 Å². The van der Waals surface area contributed by atoms with Gasteiger partial charge in [-0.25, -0.2) is 8.78 Å². The topological polar surface area (TPSA) is 40.1 Å². The minimum Gasteiger partial charge on any atom is -0.550 e. The third kappa shape index (κ3) is 2.39. The van der Waals surface area contributed by atoms with Crippen molar-refractivity contribution in [3.8, 4) is 0 Å². The molecule has 13 heavy (non-hydrogen) atoms. The summed E-state index contributed by atoms with van der Waals surface area (Å²) in [6, 6.07) is 1.70. The minimum absolute atomic E-state index is 0.114. The van der Waals surface area contributed by atoms with Crippen LogP contribution in [-0.2, 0) is 11.2 Å². The highest BCUT2D eigenvalue weighted by atomic mass is 35.5. The maximum atomic E-state index is 12.9. The first-order valence-corrected chi connectivity index (χ1v) is 3.71. The Balaban J connectivity index is 3.13. The molecule has 0 saturated carbocycles. The van der Waals surface area contributed by atoms with Crippen LogP contribution in [0.15, 0.2) is 12.1 Å². The molecule has 0 aromatic heterocycles. The van der Waals surface area contributed by atoms with E-state index < -0.39 is 29.6 Å². The lowest BCUT2D eigenvalue weighted by Crippen LogP contribution is -2.25. The standard InChI is InChI=1S/C8H5ClF2O2/c9-4-1-6(10)5(3-8(12)13)7(11)2-4/h1-2H,3H2,(H,12,13)/p-1.